The van der Waals surface area contributed by atoms with Crippen LogP contribution in [0.3, 0.4) is 0 Å². The molecule has 4 aromatic rings. The molecule has 2 unspecified atom stereocenters. The molecule has 1 fully saturated rings. The van der Waals surface area contributed by atoms with Crippen LogP contribution in [-0.4, -0.2) is 33.9 Å². The fourth-order valence-electron chi connectivity index (χ4n) is 5.32. The van der Waals surface area contributed by atoms with Gasteiger partial charge in [-0.25, -0.2) is 0 Å². The molecule has 5 nitrogen and oxygen atoms in total. The number of amides is 2. The maximum absolute atomic E-state index is 14.2. The molecule has 37 heavy (non-hydrogen) atoms. The second-order valence-electron chi connectivity index (χ2n) is 9.84. The van der Waals surface area contributed by atoms with E-state index in [1.807, 2.05) is 77.8 Å². The number of aryl methyl sites for hydroxylation is 1. The van der Waals surface area contributed by atoms with Gasteiger partial charge in [0.1, 0.15) is 18.0 Å². The Kier molecular flexibility index (Phi) is 6.09. The van der Waals surface area contributed by atoms with Crippen LogP contribution in [0.2, 0.25) is 0 Å². The summed E-state index contributed by atoms with van der Waals surface area (Å²) in [6.45, 7) is 2.04. The van der Waals surface area contributed by atoms with E-state index in [4.69, 9.17) is 11.6 Å². The van der Waals surface area contributed by atoms with Crippen molar-refractivity contribution in [2.45, 2.75) is 37.2 Å². The van der Waals surface area contributed by atoms with Gasteiger partial charge in [0.15, 0.2) is 0 Å². The van der Waals surface area contributed by atoms with Crippen LogP contribution in [-0.2, 0) is 9.59 Å². The van der Waals surface area contributed by atoms with Crippen molar-refractivity contribution in [3.8, 4) is 5.69 Å². The van der Waals surface area contributed by atoms with Crippen LogP contribution in [0.15, 0.2) is 97.2 Å². The van der Waals surface area contributed by atoms with Crippen molar-refractivity contribution in [2.24, 2.45) is 0 Å². The molecule has 2 heterocycles. The highest BCUT2D eigenvalue weighted by Gasteiger charge is 2.41. The predicted octanol–water partition coefficient (Wildman–Crippen LogP) is 6.19. The number of hydrogen-bond acceptors (Lipinski definition) is 2. The lowest BCUT2D eigenvalue weighted by Gasteiger charge is -2.39. The van der Waals surface area contributed by atoms with Gasteiger partial charge < -0.3 is 9.47 Å². The highest BCUT2D eigenvalue weighted by molar-refractivity contribution is 6.31. The standard InChI is InChI=1S/C31H28ClN3O2/c1-21-9-7-12-23(19-21)30-27-15-8-18-33(27)25-13-5-6-14-26(25)35(30)28(36)20-34(24-16-17-24)31(37)29(32)22-10-3-2-4-11-22/h2-15,18-19,24,29-30H,16-17,20H2,1H3. The van der Waals surface area contributed by atoms with E-state index in [-0.39, 0.29) is 30.4 Å². The van der Waals surface area contributed by atoms with Gasteiger partial charge in [-0.05, 0) is 55.2 Å². The van der Waals surface area contributed by atoms with Gasteiger partial charge in [-0.2, -0.15) is 0 Å². The number of anilines is 1. The van der Waals surface area contributed by atoms with E-state index in [0.29, 0.717) is 0 Å². The van der Waals surface area contributed by atoms with Crippen LogP contribution in [0.1, 0.15) is 46.6 Å². The third kappa shape index (κ3) is 4.34. The van der Waals surface area contributed by atoms with Gasteiger partial charge >= 0.3 is 0 Å². The van der Waals surface area contributed by atoms with E-state index >= 15 is 0 Å². The summed E-state index contributed by atoms with van der Waals surface area (Å²) in [5, 5.41) is -0.826. The summed E-state index contributed by atoms with van der Waals surface area (Å²) in [6.07, 6.45) is 3.81. The number of halogens is 1. The molecule has 0 bridgehead atoms. The minimum atomic E-state index is -0.826. The lowest BCUT2D eigenvalue weighted by Crippen LogP contribution is -2.48. The molecule has 1 aliphatic carbocycles. The predicted molar refractivity (Wildman–Crippen MR) is 146 cm³/mol. The molecule has 2 amide bonds. The van der Waals surface area contributed by atoms with Crippen LogP contribution >= 0.6 is 11.6 Å². The molecular weight excluding hydrogens is 482 g/mol. The number of rotatable bonds is 6. The summed E-state index contributed by atoms with van der Waals surface area (Å²) >= 11 is 6.65. The fourth-order valence-corrected chi connectivity index (χ4v) is 5.59. The first-order valence-corrected chi connectivity index (χ1v) is 13.1. The molecule has 1 aromatic heterocycles. The number of nitrogens with zero attached hydrogens (tertiary/aromatic N) is 3. The number of para-hydroxylation sites is 2. The van der Waals surface area contributed by atoms with Crippen molar-refractivity contribution in [3.05, 3.63) is 120 Å². The molecule has 0 spiro atoms. The third-order valence-corrected chi connectivity index (χ3v) is 7.67. The van der Waals surface area contributed by atoms with Crippen molar-refractivity contribution in [1.29, 1.82) is 0 Å². The molecular formula is C31H28ClN3O2. The Morgan fingerprint density at radius 1 is 0.919 bits per heavy atom. The molecule has 0 saturated heterocycles. The third-order valence-electron chi connectivity index (χ3n) is 7.23. The summed E-state index contributed by atoms with van der Waals surface area (Å²) in [5.41, 5.74) is 5.70. The van der Waals surface area contributed by atoms with Crippen LogP contribution in [0.5, 0.6) is 0 Å². The molecule has 3 aromatic carbocycles. The van der Waals surface area contributed by atoms with Crippen molar-refractivity contribution in [2.75, 3.05) is 11.4 Å². The van der Waals surface area contributed by atoms with E-state index < -0.39 is 5.38 Å². The highest BCUT2D eigenvalue weighted by Crippen LogP contribution is 2.43. The molecule has 2 atom stereocenters. The van der Waals surface area contributed by atoms with Crippen LogP contribution in [0.25, 0.3) is 5.69 Å². The summed E-state index contributed by atoms with van der Waals surface area (Å²) in [7, 11) is 0. The van der Waals surface area contributed by atoms with Gasteiger partial charge in [0.05, 0.1) is 17.1 Å². The number of hydrogen-bond donors (Lipinski definition) is 0. The number of aromatic nitrogens is 1. The van der Waals surface area contributed by atoms with Gasteiger partial charge in [0, 0.05) is 12.2 Å². The first kappa shape index (κ1) is 23.6. The van der Waals surface area contributed by atoms with E-state index in [2.05, 4.69) is 35.8 Å². The summed E-state index contributed by atoms with van der Waals surface area (Å²) in [4.78, 5) is 31.4. The van der Waals surface area contributed by atoms with Gasteiger partial charge in [0.25, 0.3) is 0 Å². The second-order valence-corrected chi connectivity index (χ2v) is 10.3. The zero-order valence-electron chi connectivity index (χ0n) is 20.6. The average Bonchev–Trinajstić information content (AvgIpc) is 3.65. The monoisotopic (exact) mass is 509 g/mol. The van der Waals surface area contributed by atoms with E-state index in [1.54, 1.807) is 4.90 Å². The lowest BCUT2D eigenvalue weighted by atomic mass is 9.96. The molecule has 1 aliphatic heterocycles. The zero-order chi connectivity index (χ0) is 25.5. The Labute approximate surface area is 221 Å². The Morgan fingerprint density at radius 2 is 1.65 bits per heavy atom. The molecule has 0 radical (unpaired) electrons. The first-order chi connectivity index (χ1) is 18.0. The molecule has 6 rings (SSSR count). The topological polar surface area (TPSA) is 45.6 Å². The molecule has 186 valence electrons. The van der Waals surface area contributed by atoms with Crippen molar-refractivity contribution in [1.82, 2.24) is 9.47 Å². The van der Waals surface area contributed by atoms with E-state index in [1.165, 1.54) is 0 Å². The largest absolute Gasteiger partial charge is 0.329 e. The Bertz CT molecular complexity index is 1460. The zero-order valence-corrected chi connectivity index (χ0v) is 21.4. The van der Waals surface area contributed by atoms with Crippen LogP contribution in [0, 0.1) is 6.92 Å². The van der Waals surface area contributed by atoms with E-state index in [9.17, 15) is 9.59 Å². The molecule has 6 heteroatoms. The van der Waals surface area contributed by atoms with Crippen molar-refractivity contribution in [3.63, 3.8) is 0 Å². The smallest absolute Gasteiger partial charge is 0.247 e. The number of fused-ring (bicyclic) bond motifs is 3. The number of benzene rings is 3. The van der Waals surface area contributed by atoms with E-state index in [0.717, 1.165) is 46.6 Å². The Balaban J connectivity index is 1.39. The maximum atomic E-state index is 14.2. The fraction of sp³-hybridized carbons (Fsp3) is 0.226. The Morgan fingerprint density at radius 3 is 2.38 bits per heavy atom. The van der Waals surface area contributed by atoms with Crippen LogP contribution < -0.4 is 4.90 Å². The maximum Gasteiger partial charge on any atom is 0.247 e. The minimum absolute atomic E-state index is 0.0170. The molecule has 2 aliphatic rings. The van der Waals surface area contributed by atoms with Crippen LogP contribution in [0.4, 0.5) is 5.69 Å². The quantitative estimate of drug-likeness (QED) is 0.291. The summed E-state index contributed by atoms with van der Waals surface area (Å²) < 4.78 is 2.15. The van der Waals surface area contributed by atoms with Gasteiger partial charge in [-0.15, -0.1) is 11.6 Å². The van der Waals surface area contributed by atoms with Crippen molar-refractivity contribution < 1.29 is 9.59 Å². The summed E-state index contributed by atoms with van der Waals surface area (Å²) in [5.74, 6) is -0.340. The number of carbonyl (C=O) groups is 2. The highest BCUT2D eigenvalue weighted by atomic mass is 35.5. The molecule has 1 saturated carbocycles. The van der Waals surface area contributed by atoms with Gasteiger partial charge in [0.2, 0.25) is 11.8 Å². The van der Waals surface area contributed by atoms with Crippen molar-refractivity contribution >= 4 is 29.1 Å². The minimum Gasteiger partial charge on any atom is -0.329 e. The lowest BCUT2D eigenvalue weighted by molar-refractivity contribution is -0.135. The number of carbonyl (C=O) groups excluding carboxylic acids is 2. The molecule has 0 N–H and O–H groups in total. The summed E-state index contributed by atoms with van der Waals surface area (Å²) in [6, 6.07) is 29.4. The van der Waals surface area contributed by atoms with Gasteiger partial charge in [-0.1, -0.05) is 72.3 Å². The second kappa shape index (κ2) is 9.56. The SMILES string of the molecule is Cc1cccc(C2c3cccn3-c3ccccc3N2C(=O)CN(C(=O)C(Cl)c2ccccc2)C2CC2)c1. The van der Waals surface area contributed by atoms with Gasteiger partial charge in [-0.3, -0.25) is 14.5 Å². The normalized spacial score (nSPS) is 17.0. The number of alkyl halides is 1. The average molecular weight is 510 g/mol. The Hall–Kier alpha value is -3.83. The first-order valence-electron chi connectivity index (χ1n) is 12.7.